The maximum atomic E-state index is 12.7. The maximum Gasteiger partial charge on any atom is 0.225 e. The van der Waals surface area contributed by atoms with E-state index in [1.54, 1.807) is 36.4 Å². The standard InChI is InChI=1S/C20H22ClN3O3/c1-14(25)22-12-4-2-3-7-18(26)24-20-17(6-5-13-23-20)19(27)15-8-10-16(21)11-9-15/h5-6,8-11,13H,2-4,7,12H2,1H3,(H,22,25)(H,23,24,26). The third-order valence-corrected chi connectivity index (χ3v) is 4.12. The zero-order valence-corrected chi connectivity index (χ0v) is 15.9. The number of nitrogens with one attached hydrogen (secondary N) is 2. The van der Waals surface area contributed by atoms with Gasteiger partial charge in [-0.05, 0) is 49.2 Å². The van der Waals surface area contributed by atoms with Crippen LogP contribution in [0.1, 0.15) is 48.5 Å². The Morgan fingerprint density at radius 1 is 1.04 bits per heavy atom. The molecule has 2 aromatic rings. The fourth-order valence-electron chi connectivity index (χ4n) is 2.49. The Balaban J connectivity index is 1.91. The lowest BCUT2D eigenvalue weighted by atomic mass is 10.0. The van der Waals surface area contributed by atoms with Crippen molar-refractivity contribution in [1.82, 2.24) is 10.3 Å². The lowest BCUT2D eigenvalue weighted by Crippen LogP contribution is -2.21. The molecule has 0 bridgehead atoms. The molecule has 1 heterocycles. The number of amides is 2. The van der Waals surface area contributed by atoms with Crippen LogP contribution in [0.5, 0.6) is 0 Å². The van der Waals surface area contributed by atoms with E-state index in [0.29, 0.717) is 35.5 Å². The Bertz CT molecular complexity index is 806. The lowest BCUT2D eigenvalue weighted by molar-refractivity contribution is -0.119. The van der Waals surface area contributed by atoms with E-state index < -0.39 is 0 Å². The topological polar surface area (TPSA) is 88.2 Å². The molecule has 0 unspecified atom stereocenters. The van der Waals surface area contributed by atoms with Crippen molar-refractivity contribution in [2.75, 3.05) is 11.9 Å². The summed E-state index contributed by atoms with van der Waals surface area (Å²) < 4.78 is 0. The number of carbonyl (C=O) groups is 3. The summed E-state index contributed by atoms with van der Waals surface area (Å²) in [4.78, 5) is 39.7. The summed E-state index contributed by atoms with van der Waals surface area (Å²) >= 11 is 5.86. The fraction of sp³-hybridized carbons (Fsp3) is 0.300. The minimum Gasteiger partial charge on any atom is -0.356 e. The number of ketones is 1. The van der Waals surface area contributed by atoms with E-state index >= 15 is 0 Å². The summed E-state index contributed by atoms with van der Waals surface area (Å²) in [6.45, 7) is 2.08. The van der Waals surface area contributed by atoms with Gasteiger partial charge < -0.3 is 10.6 Å². The molecule has 1 aromatic carbocycles. The number of anilines is 1. The van der Waals surface area contributed by atoms with E-state index in [1.165, 1.54) is 13.1 Å². The van der Waals surface area contributed by atoms with Crippen LogP contribution >= 0.6 is 11.6 Å². The predicted octanol–water partition coefficient (Wildman–Crippen LogP) is 3.60. The first kappa shape index (κ1) is 20.6. The molecule has 142 valence electrons. The average molecular weight is 388 g/mol. The van der Waals surface area contributed by atoms with Gasteiger partial charge in [0.2, 0.25) is 11.8 Å². The van der Waals surface area contributed by atoms with E-state index in [2.05, 4.69) is 15.6 Å². The van der Waals surface area contributed by atoms with Gasteiger partial charge in [0.05, 0.1) is 5.56 Å². The monoisotopic (exact) mass is 387 g/mol. The molecule has 0 atom stereocenters. The molecule has 2 amide bonds. The number of nitrogens with zero attached hydrogens (tertiary/aromatic N) is 1. The minimum absolute atomic E-state index is 0.0548. The lowest BCUT2D eigenvalue weighted by Gasteiger charge is -2.09. The highest BCUT2D eigenvalue weighted by atomic mass is 35.5. The first-order valence-electron chi connectivity index (χ1n) is 8.77. The molecular weight excluding hydrogens is 366 g/mol. The van der Waals surface area contributed by atoms with Gasteiger partial charge in [0.25, 0.3) is 0 Å². The van der Waals surface area contributed by atoms with Gasteiger partial charge in [0, 0.05) is 36.7 Å². The third-order valence-electron chi connectivity index (χ3n) is 3.87. The number of carbonyl (C=O) groups excluding carboxylic acids is 3. The number of halogens is 1. The number of aromatic nitrogens is 1. The number of hydrogen-bond donors (Lipinski definition) is 2. The fourth-order valence-corrected chi connectivity index (χ4v) is 2.62. The summed E-state index contributed by atoms with van der Waals surface area (Å²) in [5.74, 6) is -0.231. The van der Waals surface area contributed by atoms with Gasteiger partial charge in [-0.2, -0.15) is 0 Å². The SMILES string of the molecule is CC(=O)NCCCCCC(=O)Nc1ncccc1C(=O)c1ccc(Cl)cc1. The van der Waals surface area contributed by atoms with Crippen LogP contribution in [0.2, 0.25) is 5.02 Å². The Labute approximate surface area is 163 Å². The molecule has 0 saturated heterocycles. The van der Waals surface area contributed by atoms with Crippen molar-refractivity contribution in [1.29, 1.82) is 0 Å². The van der Waals surface area contributed by atoms with E-state index in [4.69, 9.17) is 11.6 Å². The summed E-state index contributed by atoms with van der Waals surface area (Å²) in [6.07, 6.45) is 4.19. The number of benzene rings is 1. The Hall–Kier alpha value is -2.73. The molecule has 0 spiro atoms. The van der Waals surface area contributed by atoms with Crippen LogP contribution in [0.4, 0.5) is 5.82 Å². The molecule has 0 aliphatic rings. The number of unbranched alkanes of at least 4 members (excludes halogenated alkanes) is 2. The predicted molar refractivity (Wildman–Crippen MR) is 105 cm³/mol. The zero-order valence-electron chi connectivity index (χ0n) is 15.1. The van der Waals surface area contributed by atoms with E-state index in [9.17, 15) is 14.4 Å². The van der Waals surface area contributed by atoms with Crippen molar-refractivity contribution in [2.24, 2.45) is 0 Å². The molecule has 6 nitrogen and oxygen atoms in total. The van der Waals surface area contributed by atoms with Crippen LogP contribution in [0.15, 0.2) is 42.6 Å². The largest absolute Gasteiger partial charge is 0.356 e. The van der Waals surface area contributed by atoms with Crippen LogP contribution in [-0.2, 0) is 9.59 Å². The minimum atomic E-state index is -0.231. The summed E-state index contributed by atoms with van der Waals surface area (Å²) in [5.41, 5.74) is 0.805. The van der Waals surface area contributed by atoms with Crippen molar-refractivity contribution in [3.05, 3.63) is 58.7 Å². The Morgan fingerprint density at radius 2 is 1.78 bits per heavy atom. The van der Waals surface area contributed by atoms with Gasteiger partial charge in [-0.15, -0.1) is 0 Å². The van der Waals surface area contributed by atoms with Gasteiger partial charge >= 0.3 is 0 Å². The first-order chi connectivity index (χ1) is 13.0. The number of rotatable bonds is 9. The van der Waals surface area contributed by atoms with Gasteiger partial charge in [0.15, 0.2) is 5.78 Å². The van der Waals surface area contributed by atoms with Gasteiger partial charge in [-0.3, -0.25) is 14.4 Å². The normalized spacial score (nSPS) is 10.3. The molecule has 27 heavy (non-hydrogen) atoms. The molecule has 2 N–H and O–H groups in total. The Kier molecular flexibility index (Phi) is 7.95. The average Bonchev–Trinajstić information content (AvgIpc) is 2.65. The number of pyridine rings is 1. The van der Waals surface area contributed by atoms with Crippen molar-refractivity contribution in [2.45, 2.75) is 32.6 Å². The molecule has 7 heteroatoms. The van der Waals surface area contributed by atoms with E-state index in [-0.39, 0.29) is 23.4 Å². The zero-order chi connectivity index (χ0) is 19.6. The molecule has 1 aromatic heterocycles. The molecule has 0 radical (unpaired) electrons. The smallest absolute Gasteiger partial charge is 0.225 e. The van der Waals surface area contributed by atoms with Crippen molar-refractivity contribution in [3.63, 3.8) is 0 Å². The van der Waals surface area contributed by atoms with Crippen molar-refractivity contribution >= 4 is 35.0 Å². The molecule has 0 fully saturated rings. The molecule has 2 rings (SSSR count). The van der Waals surface area contributed by atoms with Gasteiger partial charge in [0.1, 0.15) is 5.82 Å². The van der Waals surface area contributed by atoms with Crippen LogP contribution < -0.4 is 10.6 Å². The van der Waals surface area contributed by atoms with Crippen LogP contribution in [-0.4, -0.2) is 29.1 Å². The Morgan fingerprint density at radius 3 is 2.48 bits per heavy atom. The highest BCUT2D eigenvalue weighted by molar-refractivity contribution is 6.30. The third kappa shape index (κ3) is 6.83. The molecule has 0 aliphatic heterocycles. The molecule has 0 aliphatic carbocycles. The van der Waals surface area contributed by atoms with Crippen LogP contribution in [0, 0.1) is 0 Å². The molecular formula is C20H22ClN3O3. The second-order valence-electron chi connectivity index (χ2n) is 6.08. The van der Waals surface area contributed by atoms with Crippen molar-refractivity contribution in [3.8, 4) is 0 Å². The van der Waals surface area contributed by atoms with Crippen LogP contribution in [0.3, 0.4) is 0 Å². The first-order valence-corrected chi connectivity index (χ1v) is 9.14. The molecule has 0 saturated carbocycles. The van der Waals surface area contributed by atoms with Crippen molar-refractivity contribution < 1.29 is 14.4 Å². The number of hydrogen-bond acceptors (Lipinski definition) is 4. The highest BCUT2D eigenvalue weighted by Gasteiger charge is 2.16. The summed E-state index contributed by atoms with van der Waals surface area (Å²) in [7, 11) is 0. The second kappa shape index (κ2) is 10.4. The van der Waals surface area contributed by atoms with Crippen LogP contribution in [0.25, 0.3) is 0 Å². The van der Waals surface area contributed by atoms with Gasteiger partial charge in [-0.25, -0.2) is 4.98 Å². The maximum absolute atomic E-state index is 12.7. The van der Waals surface area contributed by atoms with E-state index in [0.717, 1.165) is 12.8 Å². The summed E-state index contributed by atoms with van der Waals surface area (Å²) in [6, 6.07) is 9.85. The van der Waals surface area contributed by atoms with E-state index in [1.807, 2.05) is 0 Å². The van der Waals surface area contributed by atoms with Gasteiger partial charge in [-0.1, -0.05) is 18.0 Å². The summed E-state index contributed by atoms with van der Waals surface area (Å²) in [5, 5.41) is 5.98. The highest BCUT2D eigenvalue weighted by Crippen LogP contribution is 2.19. The second-order valence-corrected chi connectivity index (χ2v) is 6.51. The quantitative estimate of drug-likeness (QED) is 0.508.